The summed E-state index contributed by atoms with van der Waals surface area (Å²) in [5, 5.41) is 19.2. The molecule has 0 spiro atoms. The number of methoxy groups -OCH3 is 1. The van der Waals surface area contributed by atoms with Gasteiger partial charge in [0.15, 0.2) is 0 Å². The number of carboxylic acids is 2. The van der Waals surface area contributed by atoms with Crippen LogP contribution in [0.3, 0.4) is 0 Å². The molecule has 0 saturated heterocycles. The topological polar surface area (TPSA) is 148 Å². The van der Waals surface area contributed by atoms with Gasteiger partial charge in [0.25, 0.3) is 0 Å². The van der Waals surface area contributed by atoms with E-state index in [-0.39, 0.29) is 17.7 Å². The Bertz CT molecular complexity index is 1290. The third-order valence-electron chi connectivity index (χ3n) is 8.68. The van der Waals surface area contributed by atoms with Gasteiger partial charge in [-0.05, 0) is 45.8 Å². The Kier molecular flexibility index (Phi) is 10.7. The minimum atomic E-state index is -2.12. The maximum absolute atomic E-state index is 13.1. The van der Waals surface area contributed by atoms with Crippen molar-refractivity contribution in [2.24, 2.45) is 0 Å². The van der Waals surface area contributed by atoms with E-state index in [0.29, 0.717) is 28.8 Å². The van der Waals surface area contributed by atoms with Crippen molar-refractivity contribution in [1.29, 1.82) is 0 Å². The lowest BCUT2D eigenvalue weighted by Crippen LogP contribution is -2.47. The maximum atomic E-state index is 13.1. The molecule has 0 aromatic heterocycles. The second kappa shape index (κ2) is 13.6. The lowest BCUT2D eigenvalue weighted by molar-refractivity contribution is -0.150. The van der Waals surface area contributed by atoms with Crippen molar-refractivity contribution in [3.63, 3.8) is 0 Å². The van der Waals surface area contributed by atoms with Crippen LogP contribution in [0.2, 0.25) is 16.6 Å². The standard InChI is InChI=1S/C32H41NO9Si/c1-18(2)43(19(3)4,20(5)6)42-17-21-12-14-22(15-13-21)24(32(40)41-7)16-26-27(28(34)30(36)37)23-10-8-9-11-25(23)33(26)29(35)31(38)39/h8-15,18-20,24,26-27H,16-17H2,1-7H3,(H,36,37)(H,38,39). The predicted octanol–water partition coefficient (Wildman–Crippen LogP) is 5.26. The Morgan fingerprint density at radius 1 is 0.837 bits per heavy atom. The SMILES string of the molecule is COC(=O)C(CC1C(C(=O)C(=O)O)c2ccccc2N1C(=O)C(=O)O)c1ccc(CO[Si](C(C)C)(C(C)C)C(C)C)cc1. The summed E-state index contributed by atoms with van der Waals surface area (Å²) in [5.41, 5.74) is 2.95. The van der Waals surface area contributed by atoms with Gasteiger partial charge < -0.3 is 19.4 Å². The fourth-order valence-corrected chi connectivity index (χ4v) is 12.3. The number of amides is 1. The zero-order chi connectivity index (χ0) is 32.2. The maximum Gasteiger partial charge on any atom is 0.394 e. The number of esters is 1. The molecule has 10 nitrogen and oxygen atoms in total. The number of benzene rings is 2. The molecular formula is C32H41NO9Si. The van der Waals surface area contributed by atoms with E-state index in [1.807, 2.05) is 12.1 Å². The summed E-state index contributed by atoms with van der Waals surface area (Å²) < 4.78 is 11.8. The highest BCUT2D eigenvalue weighted by Gasteiger charge is 2.50. The van der Waals surface area contributed by atoms with Gasteiger partial charge in [-0.2, -0.15) is 0 Å². The number of nitrogens with zero attached hydrogens (tertiary/aromatic N) is 1. The molecule has 0 fully saturated rings. The summed E-state index contributed by atoms with van der Waals surface area (Å²) in [5.74, 6) is -9.11. The molecule has 2 N–H and O–H groups in total. The number of Topliss-reactive ketones (excluding diaryl/α,β-unsaturated/α-hetero) is 1. The number of fused-ring (bicyclic) bond motifs is 1. The number of para-hydroxylation sites is 1. The Balaban J connectivity index is 2.00. The van der Waals surface area contributed by atoms with Crippen LogP contribution in [0.5, 0.6) is 0 Å². The van der Waals surface area contributed by atoms with Crippen LogP contribution in [-0.2, 0) is 39.7 Å². The quantitative estimate of drug-likeness (QED) is 0.186. The molecule has 0 radical (unpaired) electrons. The van der Waals surface area contributed by atoms with Crippen LogP contribution >= 0.6 is 0 Å². The summed E-state index contributed by atoms with van der Waals surface area (Å²) >= 11 is 0. The van der Waals surface area contributed by atoms with Crippen LogP contribution in [0.4, 0.5) is 5.69 Å². The van der Waals surface area contributed by atoms with Crippen molar-refractivity contribution in [2.45, 2.75) is 89.1 Å². The monoisotopic (exact) mass is 611 g/mol. The third-order valence-corrected chi connectivity index (χ3v) is 14.7. The lowest BCUT2D eigenvalue weighted by atomic mass is 9.83. The van der Waals surface area contributed by atoms with Gasteiger partial charge >= 0.3 is 23.8 Å². The summed E-state index contributed by atoms with van der Waals surface area (Å²) in [6.07, 6.45) is -0.246. The minimum Gasteiger partial charge on any atom is -0.475 e. The third kappa shape index (κ3) is 6.57. The lowest BCUT2D eigenvalue weighted by Gasteiger charge is -2.42. The van der Waals surface area contributed by atoms with Crippen molar-refractivity contribution in [1.82, 2.24) is 0 Å². The normalized spacial score (nSPS) is 17.2. The van der Waals surface area contributed by atoms with Gasteiger partial charge in [0.05, 0.1) is 31.6 Å². The highest BCUT2D eigenvalue weighted by Crippen LogP contribution is 2.46. The van der Waals surface area contributed by atoms with Crippen molar-refractivity contribution >= 4 is 43.6 Å². The van der Waals surface area contributed by atoms with Crippen LogP contribution in [0, 0.1) is 0 Å². The summed E-state index contributed by atoms with van der Waals surface area (Å²) in [6, 6.07) is 12.0. The summed E-state index contributed by atoms with van der Waals surface area (Å²) in [6.45, 7) is 13.6. The van der Waals surface area contributed by atoms with Gasteiger partial charge in [-0.1, -0.05) is 84.0 Å². The van der Waals surface area contributed by atoms with Gasteiger partial charge in [0.2, 0.25) is 14.1 Å². The van der Waals surface area contributed by atoms with E-state index in [1.165, 1.54) is 19.2 Å². The van der Waals surface area contributed by atoms with Crippen molar-refractivity contribution in [2.75, 3.05) is 12.0 Å². The van der Waals surface area contributed by atoms with Gasteiger partial charge in [0.1, 0.15) is 0 Å². The van der Waals surface area contributed by atoms with Crippen LogP contribution < -0.4 is 4.90 Å². The van der Waals surface area contributed by atoms with E-state index in [0.717, 1.165) is 10.5 Å². The highest BCUT2D eigenvalue weighted by atomic mass is 28.4. The van der Waals surface area contributed by atoms with E-state index >= 15 is 0 Å². The minimum absolute atomic E-state index is 0.115. The number of ketones is 1. The Hall–Kier alpha value is -3.83. The van der Waals surface area contributed by atoms with Crippen LogP contribution in [-0.4, -0.2) is 61.3 Å². The zero-order valence-electron chi connectivity index (χ0n) is 25.7. The fraction of sp³-hybridized carbons (Fsp3) is 0.469. The molecule has 232 valence electrons. The molecule has 1 amide bonds. The average molecular weight is 612 g/mol. The second-order valence-electron chi connectivity index (χ2n) is 11.9. The molecule has 0 saturated carbocycles. The second-order valence-corrected chi connectivity index (χ2v) is 17.4. The average Bonchev–Trinajstić information content (AvgIpc) is 3.28. The predicted molar refractivity (Wildman–Crippen MR) is 162 cm³/mol. The number of hydrogen-bond donors (Lipinski definition) is 2. The first-order valence-corrected chi connectivity index (χ1v) is 16.6. The molecule has 1 aliphatic rings. The smallest absolute Gasteiger partial charge is 0.394 e. The van der Waals surface area contributed by atoms with Crippen LogP contribution in [0.15, 0.2) is 48.5 Å². The molecule has 3 atom stereocenters. The van der Waals surface area contributed by atoms with Crippen LogP contribution in [0.25, 0.3) is 0 Å². The van der Waals surface area contributed by atoms with E-state index in [4.69, 9.17) is 9.16 Å². The first-order valence-electron chi connectivity index (χ1n) is 14.4. The Labute approximate surface area is 253 Å². The van der Waals surface area contributed by atoms with E-state index < -0.39 is 55.8 Å². The van der Waals surface area contributed by atoms with E-state index in [9.17, 15) is 34.2 Å². The first kappa shape index (κ1) is 33.7. The Morgan fingerprint density at radius 2 is 1.40 bits per heavy atom. The molecule has 11 heteroatoms. The number of rotatable bonds is 12. The molecule has 2 aromatic rings. The van der Waals surface area contributed by atoms with E-state index in [1.54, 1.807) is 24.3 Å². The molecule has 1 aliphatic heterocycles. The molecule has 0 bridgehead atoms. The fourth-order valence-electron chi connectivity index (χ4n) is 6.87. The molecule has 3 unspecified atom stereocenters. The number of carboxylic acid groups (broad SMARTS) is 2. The molecule has 2 aromatic carbocycles. The molecule has 43 heavy (non-hydrogen) atoms. The van der Waals surface area contributed by atoms with Gasteiger partial charge in [-0.3, -0.25) is 19.3 Å². The molecular weight excluding hydrogens is 570 g/mol. The van der Waals surface area contributed by atoms with E-state index in [2.05, 4.69) is 41.5 Å². The number of hydrogen-bond acceptors (Lipinski definition) is 7. The Morgan fingerprint density at radius 3 is 1.88 bits per heavy atom. The number of carbonyl (C=O) groups is 5. The first-order chi connectivity index (χ1) is 20.2. The summed E-state index contributed by atoms with van der Waals surface area (Å²) in [4.78, 5) is 63.5. The molecule has 3 rings (SSSR count). The zero-order valence-corrected chi connectivity index (χ0v) is 26.7. The van der Waals surface area contributed by atoms with Crippen LogP contribution in [0.1, 0.15) is 76.5 Å². The van der Waals surface area contributed by atoms with Crippen molar-refractivity contribution in [3.8, 4) is 0 Å². The number of anilines is 1. The highest BCUT2D eigenvalue weighted by molar-refractivity contribution is 6.77. The largest absolute Gasteiger partial charge is 0.475 e. The van der Waals surface area contributed by atoms with Gasteiger partial charge in [0, 0.05) is 5.69 Å². The number of aliphatic carboxylic acids is 2. The molecule has 0 aliphatic carbocycles. The number of carbonyl (C=O) groups excluding carboxylic acids is 3. The molecule has 1 heterocycles. The number of ether oxygens (including phenoxy) is 1. The van der Waals surface area contributed by atoms with Crippen molar-refractivity contribution < 1.29 is 43.3 Å². The summed E-state index contributed by atoms with van der Waals surface area (Å²) in [7, 11) is -0.917. The van der Waals surface area contributed by atoms with Gasteiger partial charge in [-0.25, -0.2) is 9.59 Å². The van der Waals surface area contributed by atoms with Gasteiger partial charge in [-0.15, -0.1) is 0 Å². The van der Waals surface area contributed by atoms with Crippen molar-refractivity contribution in [3.05, 3.63) is 65.2 Å².